The van der Waals surface area contributed by atoms with E-state index in [-0.39, 0.29) is 10.6 Å². The summed E-state index contributed by atoms with van der Waals surface area (Å²) in [6.07, 6.45) is -1.61. The number of aliphatic carboxylic acids is 1. The Morgan fingerprint density at radius 2 is 1.79 bits per heavy atom. The molecule has 1 unspecified atom stereocenters. The summed E-state index contributed by atoms with van der Waals surface area (Å²) in [4.78, 5) is 20.3. The van der Waals surface area contributed by atoms with Gasteiger partial charge in [0.2, 0.25) is 0 Å². The van der Waals surface area contributed by atoms with Crippen LogP contribution in [-0.2, 0) is 11.0 Å². The lowest BCUT2D eigenvalue weighted by molar-refractivity contribution is -0.138. The van der Waals surface area contributed by atoms with Gasteiger partial charge in [-0.15, -0.1) is 0 Å². The maximum absolute atomic E-state index is 13.4. The Bertz CT molecular complexity index is 1400. The molecule has 10 heteroatoms. The van der Waals surface area contributed by atoms with Gasteiger partial charge < -0.3 is 9.67 Å². The molecule has 1 N–H and O–H groups in total. The number of pyridine rings is 1. The molecular weight excluding hydrogens is 490 g/mol. The van der Waals surface area contributed by atoms with E-state index in [0.717, 1.165) is 6.07 Å². The number of nitrogens with zero attached hydrogens (tertiary/aromatic N) is 3. The third kappa shape index (κ3) is 4.23. The summed E-state index contributed by atoms with van der Waals surface area (Å²) in [5.41, 5.74) is 1.98. The molecule has 34 heavy (non-hydrogen) atoms. The molecule has 0 saturated carbocycles. The predicted molar refractivity (Wildman–Crippen MR) is 124 cm³/mol. The highest BCUT2D eigenvalue weighted by atomic mass is 35.5. The highest BCUT2D eigenvalue weighted by Gasteiger charge is 2.35. The van der Waals surface area contributed by atoms with E-state index in [2.05, 4.69) is 9.97 Å². The Morgan fingerprint density at radius 3 is 2.47 bits per heavy atom. The summed E-state index contributed by atoms with van der Waals surface area (Å²) in [7, 11) is 0. The Morgan fingerprint density at radius 1 is 1.09 bits per heavy atom. The van der Waals surface area contributed by atoms with Crippen molar-refractivity contribution >= 4 is 40.2 Å². The van der Waals surface area contributed by atoms with Crippen molar-refractivity contribution in [1.82, 2.24) is 14.5 Å². The second kappa shape index (κ2) is 8.92. The molecule has 0 radical (unpaired) electrons. The number of carboxylic acids is 1. The van der Waals surface area contributed by atoms with E-state index >= 15 is 0 Å². The number of alkyl halides is 3. The summed E-state index contributed by atoms with van der Waals surface area (Å²) in [6, 6.07) is 10.1. The van der Waals surface area contributed by atoms with Crippen molar-refractivity contribution in [1.29, 1.82) is 0 Å². The van der Waals surface area contributed by atoms with Gasteiger partial charge in [-0.05, 0) is 37.6 Å². The van der Waals surface area contributed by atoms with Crippen LogP contribution in [0.4, 0.5) is 13.2 Å². The van der Waals surface area contributed by atoms with Crippen LogP contribution in [0.15, 0.2) is 55.0 Å². The molecule has 4 aromatic rings. The van der Waals surface area contributed by atoms with Gasteiger partial charge >= 0.3 is 12.1 Å². The number of hydrogen-bond acceptors (Lipinski definition) is 3. The molecule has 0 spiro atoms. The normalized spacial score (nSPS) is 13.7. The Balaban J connectivity index is 1.86. The highest BCUT2D eigenvalue weighted by Crippen LogP contribution is 2.42. The molecule has 4 rings (SSSR count). The topological polar surface area (TPSA) is 68.0 Å². The minimum atomic E-state index is -4.63. The average molecular weight is 508 g/mol. The molecule has 5 nitrogen and oxygen atoms in total. The lowest BCUT2D eigenvalue weighted by atomic mass is 9.94. The first kappa shape index (κ1) is 24.0. The Labute approximate surface area is 202 Å². The quantitative estimate of drug-likeness (QED) is 0.309. The lowest BCUT2D eigenvalue weighted by Gasteiger charge is -2.21. The first-order valence-corrected chi connectivity index (χ1v) is 11.0. The van der Waals surface area contributed by atoms with Gasteiger partial charge in [0.1, 0.15) is 5.52 Å². The molecule has 0 aliphatic rings. The fourth-order valence-electron chi connectivity index (χ4n) is 3.94. The molecule has 2 heterocycles. The highest BCUT2D eigenvalue weighted by molar-refractivity contribution is 6.36. The number of rotatable bonds is 5. The van der Waals surface area contributed by atoms with E-state index in [1.54, 1.807) is 48.7 Å². The van der Waals surface area contributed by atoms with Crippen LogP contribution in [0.3, 0.4) is 0 Å². The summed E-state index contributed by atoms with van der Waals surface area (Å²) in [5.74, 6) is -1.73. The smallest absolute Gasteiger partial charge is 0.417 e. The SMILES string of the molecule is CC(C(=O)O)c1ccccc1-c1cc2c(cn1)ncn2[C@H](C)c1c(Cl)ccc(C(F)(F)F)c1Cl. The van der Waals surface area contributed by atoms with Crippen LogP contribution in [-0.4, -0.2) is 25.6 Å². The number of halogens is 5. The van der Waals surface area contributed by atoms with Crippen LogP contribution in [0.5, 0.6) is 0 Å². The molecule has 0 aliphatic carbocycles. The van der Waals surface area contributed by atoms with E-state index in [9.17, 15) is 23.1 Å². The largest absolute Gasteiger partial charge is 0.481 e. The first-order valence-electron chi connectivity index (χ1n) is 10.2. The van der Waals surface area contributed by atoms with Crippen molar-refractivity contribution in [3.05, 3.63) is 81.7 Å². The number of aromatic nitrogens is 3. The number of hydrogen-bond donors (Lipinski definition) is 1. The third-order valence-corrected chi connectivity index (χ3v) is 6.54. The molecule has 0 bridgehead atoms. The number of carboxylic acid groups (broad SMARTS) is 1. The van der Waals surface area contributed by atoms with E-state index in [1.165, 1.54) is 18.6 Å². The molecule has 0 aliphatic heterocycles. The summed E-state index contributed by atoms with van der Waals surface area (Å²) >= 11 is 12.4. The zero-order valence-corrected chi connectivity index (χ0v) is 19.4. The van der Waals surface area contributed by atoms with Crippen molar-refractivity contribution in [3.8, 4) is 11.3 Å². The number of fused-ring (bicyclic) bond motifs is 1. The van der Waals surface area contributed by atoms with E-state index < -0.39 is 34.7 Å². The van der Waals surface area contributed by atoms with Crippen molar-refractivity contribution in [2.45, 2.75) is 32.0 Å². The number of benzene rings is 2. The van der Waals surface area contributed by atoms with Crippen LogP contribution >= 0.6 is 23.2 Å². The molecule has 2 aromatic heterocycles. The van der Waals surface area contributed by atoms with Gasteiger partial charge in [-0.1, -0.05) is 47.5 Å². The van der Waals surface area contributed by atoms with E-state index in [0.29, 0.717) is 27.9 Å². The van der Waals surface area contributed by atoms with Gasteiger partial charge in [-0.3, -0.25) is 9.78 Å². The lowest BCUT2D eigenvalue weighted by Crippen LogP contribution is -2.12. The maximum Gasteiger partial charge on any atom is 0.417 e. The minimum absolute atomic E-state index is 0.0993. The molecule has 0 saturated heterocycles. The van der Waals surface area contributed by atoms with Gasteiger partial charge in [0, 0.05) is 16.1 Å². The van der Waals surface area contributed by atoms with Crippen LogP contribution < -0.4 is 0 Å². The average Bonchev–Trinajstić information content (AvgIpc) is 3.20. The molecular formula is C24H18Cl2F3N3O2. The summed E-state index contributed by atoms with van der Waals surface area (Å²) in [6.45, 7) is 3.26. The zero-order chi connectivity index (χ0) is 24.8. The number of imidazole rings is 1. The third-order valence-electron chi connectivity index (χ3n) is 5.80. The monoisotopic (exact) mass is 507 g/mol. The standard InChI is InChI=1S/C24H18Cl2F3N3O2/c1-12(23(33)34)14-5-3-4-6-15(14)18-9-20-19(10-30-18)31-11-32(20)13(2)21-17(25)8-7-16(22(21)26)24(27,28)29/h3-13H,1-2H3,(H,33,34)/t12?,13-/m1/s1. The second-order valence-corrected chi connectivity index (χ2v) is 8.64. The van der Waals surface area contributed by atoms with Crippen molar-refractivity contribution in [2.75, 3.05) is 0 Å². The van der Waals surface area contributed by atoms with Crippen molar-refractivity contribution in [3.63, 3.8) is 0 Å². The second-order valence-electron chi connectivity index (χ2n) is 7.85. The van der Waals surface area contributed by atoms with Crippen LogP contribution in [0.1, 0.15) is 42.5 Å². The van der Waals surface area contributed by atoms with Crippen molar-refractivity contribution < 1.29 is 23.1 Å². The van der Waals surface area contributed by atoms with Crippen LogP contribution in [0.2, 0.25) is 10.0 Å². The van der Waals surface area contributed by atoms with Gasteiger partial charge in [0.05, 0.1) is 46.3 Å². The van der Waals surface area contributed by atoms with Crippen LogP contribution in [0, 0.1) is 0 Å². The predicted octanol–water partition coefficient (Wildman–Crippen LogP) is 7.22. The zero-order valence-electron chi connectivity index (χ0n) is 17.9. The molecule has 0 fully saturated rings. The van der Waals surface area contributed by atoms with Gasteiger partial charge in [-0.25, -0.2) is 4.98 Å². The molecule has 0 amide bonds. The van der Waals surface area contributed by atoms with Gasteiger partial charge in [0.15, 0.2) is 0 Å². The van der Waals surface area contributed by atoms with Gasteiger partial charge in [0.25, 0.3) is 0 Å². The molecule has 176 valence electrons. The maximum atomic E-state index is 13.4. The van der Waals surface area contributed by atoms with Crippen molar-refractivity contribution in [2.24, 2.45) is 0 Å². The fourth-order valence-corrected chi connectivity index (χ4v) is 4.73. The summed E-state index contributed by atoms with van der Waals surface area (Å²) in [5, 5.41) is 9.11. The first-order chi connectivity index (χ1) is 16.0. The van der Waals surface area contributed by atoms with Gasteiger partial charge in [-0.2, -0.15) is 13.2 Å². The molecule has 2 atom stereocenters. The molecule has 2 aromatic carbocycles. The fraction of sp³-hybridized carbons (Fsp3) is 0.208. The van der Waals surface area contributed by atoms with E-state index in [1.807, 2.05) is 0 Å². The summed E-state index contributed by atoms with van der Waals surface area (Å²) < 4.78 is 41.9. The minimum Gasteiger partial charge on any atom is -0.481 e. The Hall–Kier alpha value is -3.10. The van der Waals surface area contributed by atoms with E-state index in [4.69, 9.17) is 23.2 Å². The number of carbonyl (C=O) groups is 1. The Kier molecular flexibility index (Phi) is 6.31. The van der Waals surface area contributed by atoms with Crippen LogP contribution in [0.25, 0.3) is 22.3 Å².